The van der Waals surface area contributed by atoms with E-state index in [1.165, 1.54) is 0 Å². The zero-order valence-electron chi connectivity index (χ0n) is 11.8. The smallest absolute Gasteiger partial charge is 0.258 e. The van der Waals surface area contributed by atoms with Crippen molar-refractivity contribution in [3.05, 3.63) is 29.8 Å². The van der Waals surface area contributed by atoms with Gasteiger partial charge in [-0.05, 0) is 37.5 Å². The molecule has 5 nitrogen and oxygen atoms in total. The van der Waals surface area contributed by atoms with Crippen LogP contribution in [0.3, 0.4) is 0 Å². The highest BCUT2D eigenvalue weighted by Gasteiger charge is 2.16. The van der Waals surface area contributed by atoms with Crippen LogP contribution in [0.15, 0.2) is 24.3 Å². The molecular weight excluding hydrogens is 256 g/mol. The van der Waals surface area contributed by atoms with E-state index in [1.807, 2.05) is 31.2 Å². The zero-order valence-corrected chi connectivity index (χ0v) is 11.8. The molecule has 2 rings (SSSR count). The van der Waals surface area contributed by atoms with Gasteiger partial charge in [0.2, 0.25) is 0 Å². The Morgan fingerprint density at radius 2 is 2.05 bits per heavy atom. The van der Waals surface area contributed by atoms with Crippen LogP contribution in [-0.4, -0.2) is 31.8 Å². The van der Waals surface area contributed by atoms with Gasteiger partial charge in [-0.25, -0.2) is 0 Å². The fourth-order valence-electron chi connectivity index (χ4n) is 2.13. The van der Waals surface area contributed by atoms with E-state index in [2.05, 4.69) is 5.32 Å². The second-order valence-electron chi connectivity index (χ2n) is 5.10. The largest absolute Gasteiger partial charge is 0.484 e. The highest BCUT2D eigenvalue weighted by molar-refractivity contribution is 5.77. The van der Waals surface area contributed by atoms with E-state index in [9.17, 15) is 4.79 Å². The van der Waals surface area contributed by atoms with E-state index < -0.39 is 0 Å². The monoisotopic (exact) mass is 278 g/mol. The van der Waals surface area contributed by atoms with Gasteiger partial charge < -0.3 is 20.5 Å². The second-order valence-corrected chi connectivity index (χ2v) is 5.10. The molecule has 1 saturated heterocycles. The highest BCUT2D eigenvalue weighted by atomic mass is 16.5. The van der Waals surface area contributed by atoms with Crippen molar-refractivity contribution in [3.8, 4) is 5.75 Å². The highest BCUT2D eigenvalue weighted by Crippen LogP contribution is 2.16. The predicted molar refractivity (Wildman–Crippen MR) is 76.5 cm³/mol. The molecule has 5 heteroatoms. The third-order valence-corrected chi connectivity index (χ3v) is 3.36. The summed E-state index contributed by atoms with van der Waals surface area (Å²) in [6.07, 6.45) is 1.74. The van der Waals surface area contributed by atoms with Crippen LogP contribution in [-0.2, 0) is 9.53 Å². The Morgan fingerprint density at radius 3 is 2.65 bits per heavy atom. The van der Waals surface area contributed by atoms with Gasteiger partial charge in [0.1, 0.15) is 5.75 Å². The number of carbonyl (C=O) groups is 1. The Morgan fingerprint density at radius 1 is 1.40 bits per heavy atom. The van der Waals surface area contributed by atoms with Crippen molar-refractivity contribution in [3.63, 3.8) is 0 Å². The number of nitrogens with two attached hydrogens (primary N) is 1. The topological polar surface area (TPSA) is 73.6 Å². The van der Waals surface area contributed by atoms with Crippen molar-refractivity contribution in [1.82, 2.24) is 5.32 Å². The van der Waals surface area contributed by atoms with E-state index >= 15 is 0 Å². The van der Waals surface area contributed by atoms with Crippen molar-refractivity contribution in [2.75, 3.05) is 19.8 Å². The van der Waals surface area contributed by atoms with Crippen molar-refractivity contribution in [1.29, 1.82) is 0 Å². The Bertz CT molecular complexity index is 425. The first-order chi connectivity index (χ1) is 9.65. The summed E-state index contributed by atoms with van der Waals surface area (Å²) in [4.78, 5) is 11.8. The minimum atomic E-state index is -0.0897. The Balaban J connectivity index is 1.74. The van der Waals surface area contributed by atoms with E-state index in [1.54, 1.807) is 0 Å². The van der Waals surface area contributed by atoms with Gasteiger partial charge in [0.25, 0.3) is 5.91 Å². The van der Waals surface area contributed by atoms with Crippen molar-refractivity contribution in [2.24, 2.45) is 5.73 Å². The van der Waals surface area contributed by atoms with Crippen LogP contribution in [0.25, 0.3) is 0 Å². The SMILES string of the molecule is CC(N)c1ccc(OCC(=O)NC2CCOCC2)cc1. The molecule has 3 N–H and O–H groups in total. The van der Waals surface area contributed by atoms with Gasteiger partial charge in [-0.15, -0.1) is 0 Å². The molecule has 0 aliphatic carbocycles. The summed E-state index contributed by atoms with van der Waals surface area (Å²) >= 11 is 0. The zero-order chi connectivity index (χ0) is 14.4. The molecule has 0 spiro atoms. The van der Waals surface area contributed by atoms with Crippen LogP contribution < -0.4 is 15.8 Å². The van der Waals surface area contributed by atoms with Crippen molar-refractivity contribution < 1.29 is 14.3 Å². The van der Waals surface area contributed by atoms with Crippen LogP contribution >= 0.6 is 0 Å². The van der Waals surface area contributed by atoms with Crippen molar-refractivity contribution in [2.45, 2.75) is 31.8 Å². The van der Waals surface area contributed by atoms with E-state index in [0.29, 0.717) is 19.0 Å². The maximum Gasteiger partial charge on any atom is 0.258 e. The van der Waals surface area contributed by atoms with Crippen molar-refractivity contribution >= 4 is 5.91 Å². The van der Waals surface area contributed by atoms with Crippen LogP contribution in [0.2, 0.25) is 0 Å². The molecule has 1 unspecified atom stereocenters. The predicted octanol–water partition coefficient (Wildman–Crippen LogP) is 1.38. The van der Waals surface area contributed by atoms with Gasteiger partial charge in [0.15, 0.2) is 6.61 Å². The summed E-state index contributed by atoms with van der Waals surface area (Å²) < 4.78 is 10.7. The summed E-state index contributed by atoms with van der Waals surface area (Å²) in [7, 11) is 0. The fraction of sp³-hybridized carbons (Fsp3) is 0.533. The van der Waals surface area contributed by atoms with Crippen LogP contribution in [0.5, 0.6) is 5.75 Å². The molecule has 1 aliphatic rings. The molecule has 1 aromatic carbocycles. The lowest BCUT2D eigenvalue weighted by Gasteiger charge is -2.23. The molecule has 0 aromatic heterocycles. The number of benzene rings is 1. The van der Waals surface area contributed by atoms with Gasteiger partial charge in [0.05, 0.1) is 0 Å². The van der Waals surface area contributed by atoms with Gasteiger partial charge in [-0.2, -0.15) is 0 Å². The lowest BCUT2D eigenvalue weighted by atomic mass is 10.1. The number of hydrogen-bond acceptors (Lipinski definition) is 4. The van der Waals surface area contributed by atoms with E-state index in [-0.39, 0.29) is 24.6 Å². The second kappa shape index (κ2) is 7.26. The maximum absolute atomic E-state index is 11.8. The van der Waals surface area contributed by atoms with Crippen LogP contribution in [0, 0.1) is 0 Å². The molecule has 0 bridgehead atoms. The van der Waals surface area contributed by atoms with E-state index in [0.717, 1.165) is 18.4 Å². The first-order valence-corrected chi connectivity index (χ1v) is 7.00. The maximum atomic E-state index is 11.8. The Hall–Kier alpha value is -1.59. The normalized spacial score (nSPS) is 17.5. The molecule has 1 aromatic rings. The molecule has 1 atom stereocenters. The minimum absolute atomic E-state index is 0.000805. The number of amides is 1. The molecule has 20 heavy (non-hydrogen) atoms. The van der Waals surface area contributed by atoms with Crippen LogP contribution in [0.4, 0.5) is 0 Å². The first-order valence-electron chi connectivity index (χ1n) is 7.00. The lowest BCUT2D eigenvalue weighted by Crippen LogP contribution is -2.41. The summed E-state index contributed by atoms with van der Waals surface area (Å²) in [5.41, 5.74) is 6.82. The quantitative estimate of drug-likeness (QED) is 0.853. The number of hydrogen-bond donors (Lipinski definition) is 2. The van der Waals surface area contributed by atoms with Gasteiger partial charge in [-0.3, -0.25) is 4.79 Å². The third kappa shape index (κ3) is 4.51. The lowest BCUT2D eigenvalue weighted by molar-refractivity contribution is -0.124. The Labute approximate surface area is 119 Å². The molecular formula is C15H22N2O3. The average Bonchev–Trinajstić information content (AvgIpc) is 2.46. The standard InChI is InChI=1S/C15H22N2O3/c1-11(16)12-2-4-14(5-3-12)20-10-15(18)17-13-6-8-19-9-7-13/h2-5,11,13H,6-10,16H2,1H3,(H,17,18). The third-order valence-electron chi connectivity index (χ3n) is 3.36. The summed E-state index contributed by atoms with van der Waals surface area (Å²) in [6.45, 7) is 3.39. The van der Waals surface area contributed by atoms with E-state index in [4.69, 9.17) is 15.2 Å². The number of rotatable bonds is 5. The minimum Gasteiger partial charge on any atom is -0.484 e. The number of carbonyl (C=O) groups excluding carboxylic acids is 1. The molecule has 1 aliphatic heterocycles. The molecule has 1 amide bonds. The van der Waals surface area contributed by atoms with Gasteiger partial charge >= 0.3 is 0 Å². The summed E-state index contributed by atoms with van der Waals surface area (Å²) in [5, 5.41) is 2.95. The number of nitrogens with one attached hydrogen (secondary N) is 1. The van der Waals surface area contributed by atoms with Gasteiger partial charge in [0, 0.05) is 25.3 Å². The molecule has 110 valence electrons. The summed E-state index contributed by atoms with van der Waals surface area (Å²) in [6, 6.07) is 7.70. The Kier molecular flexibility index (Phi) is 5.38. The summed E-state index contributed by atoms with van der Waals surface area (Å²) in [5.74, 6) is 0.588. The first kappa shape index (κ1) is 14.8. The fourth-order valence-corrected chi connectivity index (χ4v) is 2.13. The van der Waals surface area contributed by atoms with Gasteiger partial charge in [-0.1, -0.05) is 12.1 Å². The molecule has 0 radical (unpaired) electrons. The molecule has 1 heterocycles. The average molecular weight is 278 g/mol. The molecule has 0 saturated carbocycles. The van der Waals surface area contributed by atoms with Crippen LogP contribution in [0.1, 0.15) is 31.4 Å². The number of ether oxygens (including phenoxy) is 2. The molecule has 1 fully saturated rings.